The van der Waals surface area contributed by atoms with Gasteiger partial charge in [-0.3, -0.25) is 0 Å². The maximum atomic E-state index is 5.52. The van der Waals surface area contributed by atoms with Crippen LogP contribution in [0.4, 0.5) is 5.95 Å². The molecule has 0 atom stereocenters. The first-order valence-corrected chi connectivity index (χ1v) is 7.05. The molecule has 0 spiro atoms. The minimum atomic E-state index is 0.605. The van der Waals surface area contributed by atoms with E-state index in [1.54, 1.807) is 7.11 Å². The molecule has 0 aliphatic rings. The summed E-state index contributed by atoms with van der Waals surface area (Å²) in [6, 6.07) is 1.84. The van der Waals surface area contributed by atoms with Gasteiger partial charge in [0.15, 0.2) is 0 Å². The lowest BCUT2D eigenvalue weighted by molar-refractivity contribution is 0.0705. The van der Waals surface area contributed by atoms with Gasteiger partial charge in [-0.05, 0) is 19.8 Å². The van der Waals surface area contributed by atoms with Crippen molar-refractivity contribution < 1.29 is 14.2 Å². The summed E-state index contributed by atoms with van der Waals surface area (Å²) in [5.74, 6) is 1.23. The van der Waals surface area contributed by atoms with Crippen LogP contribution in [0.2, 0.25) is 0 Å². The molecule has 1 aromatic heterocycles. The van der Waals surface area contributed by atoms with Crippen molar-refractivity contribution >= 4 is 5.95 Å². The number of rotatable bonds is 11. The van der Waals surface area contributed by atoms with E-state index in [-0.39, 0.29) is 0 Å². The monoisotopic (exact) mass is 283 g/mol. The van der Waals surface area contributed by atoms with Gasteiger partial charge in [-0.2, -0.15) is 4.98 Å². The highest BCUT2D eigenvalue weighted by atomic mass is 16.5. The Kier molecular flexibility index (Phi) is 8.66. The summed E-state index contributed by atoms with van der Waals surface area (Å²) in [6.45, 7) is 7.39. The van der Waals surface area contributed by atoms with Crippen molar-refractivity contribution in [3.8, 4) is 5.88 Å². The summed E-state index contributed by atoms with van der Waals surface area (Å²) in [5, 5.41) is 3.18. The Labute approximate surface area is 120 Å². The van der Waals surface area contributed by atoms with Crippen LogP contribution < -0.4 is 10.1 Å². The maximum Gasteiger partial charge on any atom is 0.226 e. The lowest BCUT2D eigenvalue weighted by Gasteiger charge is -2.09. The summed E-state index contributed by atoms with van der Waals surface area (Å²) in [5.41, 5.74) is 0.893. The number of nitrogens with one attached hydrogen (secondary N) is 1. The largest absolute Gasteiger partial charge is 0.478 e. The molecule has 0 bridgehead atoms. The van der Waals surface area contributed by atoms with Crippen molar-refractivity contribution in [2.24, 2.45) is 0 Å². The number of nitrogens with zero attached hydrogens (tertiary/aromatic N) is 2. The van der Waals surface area contributed by atoms with E-state index in [4.69, 9.17) is 14.2 Å². The fraction of sp³-hybridized carbons (Fsp3) is 0.714. The fourth-order valence-corrected chi connectivity index (χ4v) is 1.52. The molecule has 0 aromatic carbocycles. The standard InChI is InChI=1S/C14H25N3O3/c1-4-7-20-13-11-12(2)16-14(17-13)15-6-5-8-19-10-9-18-3/h11H,4-10H2,1-3H3,(H,15,16,17). The van der Waals surface area contributed by atoms with Gasteiger partial charge in [0.05, 0.1) is 19.8 Å². The molecule has 0 saturated heterocycles. The van der Waals surface area contributed by atoms with E-state index in [0.717, 1.165) is 25.1 Å². The van der Waals surface area contributed by atoms with Crippen LogP contribution in [0, 0.1) is 6.92 Å². The molecule has 0 unspecified atom stereocenters. The van der Waals surface area contributed by atoms with Crippen molar-refractivity contribution in [3.05, 3.63) is 11.8 Å². The number of hydrogen-bond donors (Lipinski definition) is 1. The van der Waals surface area contributed by atoms with Gasteiger partial charge in [-0.15, -0.1) is 0 Å². The Morgan fingerprint density at radius 2 is 2.00 bits per heavy atom. The molecule has 0 amide bonds. The Balaban J connectivity index is 2.26. The van der Waals surface area contributed by atoms with Gasteiger partial charge < -0.3 is 19.5 Å². The lowest BCUT2D eigenvalue weighted by atomic mass is 10.4. The van der Waals surface area contributed by atoms with Crippen LogP contribution in [0.25, 0.3) is 0 Å². The number of methoxy groups -OCH3 is 1. The average molecular weight is 283 g/mol. The van der Waals surface area contributed by atoms with Crippen molar-refractivity contribution in [1.29, 1.82) is 0 Å². The summed E-state index contributed by atoms with van der Waals surface area (Å²) in [7, 11) is 1.66. The molecule has 114 valence electrons. The Bertz CT molecular complexity index is 375. The molecule has 0 aliphatic carbocycles. The van der Waals surface area contributed by atoms with E-state index in [0.29, 0.717) is 38.3 Å². The predicted octanol–water partition coefficient (Wildman–Crippen LogP) is 2.04. The minimum absolute atomic E-state index is 0.605. The topological polar surface area (TPSA) is 65.5 Å². The van der Waals surface area contributed by atoms with Crippen molar-refractivity contribution in [1.82, 2.24) is 9.97 Å². The second-order valence-corrected chi connectivity index (χ2v) is 4.41. The van der Waals surface area contributed by atoms with Gasteiger partial charge in [0.25, 0.3) is 0 Å². The Morgan fingerprint density at radius 1 is 1.15 bits per heavy atom. The van der Waals surface area contributed by atoms with Gasteiger partial charge in [-0.25, -0.2) is 4.98 Å². The molecule has 0 saturated carbocycles. The molecule has 20 heavy (non-hydrogen) atoms. The molecule has 1 aromatic rings. The molecular weight excluding hydrogens is 258 g/mol. The van der Waals surface area contributed by atoms with Gasteiger partial charge in [0.2, 0.25) is 11.8 Å². The summed E-state index contributed by atoms with van der Waals surface area (Å²) < 4.78 is 15.8. The van der Waals surface area contributed by atoms with E-state index >= 15 is 0 Å². The van der Waals surface area contributed by atoms with Crippen LogP contribution >= 0.6 is 0 Å². The molecule has 0 fully saturated rings. The van der Waals surface area contributed by atoms with Crippen molar-refractivity contribution in [2.75, 3.05) is 45.4 Å². The van der Waals surface area contributed by atoms with Gasteiger partial charge in [0.1, 0.15) is 0 Å². The second kappa shape index (κ2) is 10.4. The molecule has 1 heterocycles. The van der Waals surface area contributed by atoms with E-state index in [2.05, 4.69) is 22.2 Å². The zero-order valence-corrected chi connectivity index (χ0v) is 12.6. The molecule has 0 radical (unpaired) electrons. The predicted molar refractivity (Wildman–Crippen MR) is 78.4 cm³/mol. The lowest BCUT2D eigenvalue weighted by Crippen LogP contribution is -2.11. The number of anilines is 1. The normalized spacial score (nSPS) is 10.6. The summed E-state index contributed by atoms with van der Waals surface area (Å²) in [4.78, 5) is 8.64. The number of ether oxygens (including phenoxy) is 3. The smallest absolute Gasteiger partial charge is 0.226 e. The van der Waals surface area contributed by atoms with E-state index < -0.39 is 0 Å². The van der Waals surface area contributed by atoms with Crippen LogP contribution in [-0.4, -0.2) is 50.1 Å². The highest BCUT2D eigenvalue weighted by Crippen LogP contribution is 2.12. The Morgan fingerprint density at radius 3 is 2.75 bits per heavy atom. The SMILES string of the molecule is CCCOc1cc(C)nc(NCCCOCCOC)n1. The van der Waals surface area contributed by atoms with Crippen LogP contribution in [0.1, 0.15) is 25.5 Å². The third kappa shape index (κ3) is 7.25. The first-order chi connectivity index (χ1) is 9.76. The zero-order chi connectivity index (χ0) is 14.6. The highest BCUT2D eigenvalue weighted by molar-refractivity contribution is 5.30. The van der Waals surface area contributed by atoms with Gasteiger partial charge >= 0.3 is 0 Å². The van der Waals surface area contributed by atoms with Crippen LogP contribution in [0.5, 0.6) is 5.88 Å². The van der Waals surface area contributed by atoms with Crippen LogP contribution in [0.3, 0.4) is 0 Å². The third-order valence-corrected chi connectivity index (χ3v) is 2.47. The van der Waals surface area contributed by atoms with Crippen LogP contribution in [-0.2, 0) is 9.47 Å². The Hall–Kier alpha value is -1.40. The van der Waals surface area contributed by atoms with E-state index in [9.17, 15) is 0 Å². The van der Waals surface area contributed by atoms with Gasteiger partial charge in [-0.1, -0.05) is 6.92 Å². The molecule has 6 nitrogen and oxygen atoms in total. The number of aromatic nitrogens is 2. The fourth-order valence-electron chi connectivity index (χ4n) is 1.52. The van der Waals surface area contributed by atoms with Gasteiger partial charge in [0, 0.05) is 32.0 Å². The minimum Gasteiger partial charge on any atom is -0.478 e. The first kappa shape index (κ1) is 16.7. The van der Waals surface area contributed by atoms with Crippen molar-refractivity contribution in [3.63, 3.8) is 0 Å². The molecule has 6 heteroatoms. The summed E-state index contributed by atoms with van der Waals surface area (Å²) in [6.07, 6.45) is 1.86. The number of aryl methyl sites for hydroxylation is 1. The molecule has 0 aliphatic heterocycles. The number of hydrogen-bond acceptors (Lipinski definition) is 6. The average Bonchev–Trinajstić information content (AvgIpc) is 2.43. The highest BCUT2D eigenvalue weighted by Gasteiger charge is 2.02. The van der Waals surface area contributed by atoms with Crippen molar-refractivity contribution in [2.45, 2.75) is 26.7 Å². The summed E-state index contributed by atoms with van der Waals surface area (Å²) >= 11 is 0. The first-order valence-electron chi connectivity index (χ1n) is 7.05. The zero-order valence-electron chi connectivity index (χ0n) is 12.6. The maximum absolute atomic E-state index is 5.52. The second-order valence-electron chi connectivity index (χ2n) is 4.41. The quantitative estimate of drug-likeness (QED) is 0.627. The molecule has 1 rings (SSSR count). The molecular formula is C14H25N3O3. The van der Waals surface area contributed by atoms with E-state index in [1.165, 1.54) is 0 Å². The molecule has 1 N–H and O–H groups in total. The van der Waals surface area contributed by atoms with E-state index in [1.807, 2.05) is 13.0 Å². The third-order valence-electron chi connectivity index (χ3n) is 2.47. The van der Waals surface area contributed by atoms with Crippen LogP contribution in [0.15, 0.2) is 6.07 Å².